The summed E-state index contributed by atoms with van der Waals surface area (Å²) >= 11 is 0. The Morgan fingerprint density at radius 1 is 1.13 bits per heavy atom. The van der Waals surface area contributed by atoms with Gasteiger partial charge in [0.05, 0.1) is 19.1 Å². The maximum absolute atomic E-state index is 11.4. The number of fused-ring (bicyclic) bond motifs is 2. The highest BCUT2D eigenvalue weighted by Crippen LogP contribution is 2.59. The molecule has 1 aliphatic carbocycles. The lowest BCUT2D eigenvalue weighted by Gasteiger charge is -2.44. The van der Waals surface area contributed by atoms with E-state index in [1.807, 2.05) is 18.2 Å². The van der Waals surface area contributed by atoms with Crippen LogP contribution in [0.25, 0.3) is 0 Å². The number of nitro benzene ring substituents is 1. The van der Waals surface area contributed by atoms with Gasteiger partial charge in [-0.25, -0.2) is 0 Å². The van der Waals surface area contributed by atoms with Crippen molar-refractivity contribution in [2.24, 2.45) is 15.8 Å². The molecular formula is C24H29N3O4. The molecule has 4 rings (SSSR count). The molecule has 7 heteroatoms. The van der Waals surface area contributed by atoms with Crippen LogP contribution in [0.15, 0.2) is 41.4 Å². The van der Waals surface area contributed by atoms with Gasteiger partial charge in [0.2, 0.25) is 0 Å². The Hall–Kier alpha value is -3.09. The molecule has 2 bridgehead atoms. The van der Waals surface area contributed by atoms with Crippen molar-refractivity contribution in [1.29, 1.82) is 0 Å². The van der Waals surface area contributed by atoms with Crippen molar-refractivity contribution in [1.82, 2.24) is 0 Å². The third-order valence-electron chi connectivity index (χ3n) is 7.29. The van der Waals surface area contributed by atoms with Crippen molar-refractivity contribution >= 4 is 23.3 Å². The van der Waals surface area contributed by atoms with Gasteiger partial charge in [-0.3, -0.25) is 15.1 Å². The molecule has 2 aromatic rings. The number of aliphatic imine (C=N–C) groups is 1. The first-order valence-corrected chi connectivity index (χ1v) is 10.5. The quantitative estimate of drug-likeness (QED) is 0.354. The second kappa shape index (κ2) is 7.55. The molecule has 2 atom stereocenters. The number of piperidine rings is 1. The average molecular weight is 424 g/mol. The summed E-state index contributed by atoms with van der Waals surface area (Å²) in [5.41, 5.74) is 2.94. The minimum Gasteiger partial charge on any atom is -0.497 e. The summed E-state index contributed by atoms with van der Waals surface area (Å²) in [6.45, 7) is 7.99. The molecule has 1 heterocycles. The third-order valence-corrected chi connectivity index (χ3v) is 7.29. The highest BCUT2D eigenvalue weighted by Gasteiger charge is 2.57. The van der Waals surface area contributed by atoms with E-state index in [2.05, 4.69) is 30.7 Å². The van der Waals surface area contributed by atoms with E-state index in [0.29, 0.717) is 28.6 Å². The predicted octanol–water partition coefficient (Wildman–Crippen LogP) is 5.38. The maximum Gasteiger partial charge on any atom is 0.270 e. The molecule has 31 heavy (non-hydrogen) atoms. The zero-order chi connectivity index (χ0) is 22.4. The molecule has 0 radical (unpaired) electrons. The first-order chi connectivity index (χ1) is 14.7. The van der Waals surface area contributed by atoms with E-state index in [1.165, 1.54) is 0 Å². The predicted molar refractivity (Wildman–Crippen MR) is 122 cm³/mol. The molecule has 164 valence electrons. The maximum atomic E-state index is 11.4. The van der Waals surface area contributed by atoms with Crippen LogP contribution in [0.4, 0.5) is 17.1 Å². The Morgan fingerprint density at radius 3 is 2.48 bits per heavy atom. The average Bonchev–Trinajstić information content (AvgIpc) is 3.19. The molecular weight excluding hydrogens is 394 g/mol. The smallest absolute Gasteiger partial charge is 0.270 e. The summed E-state index contributed by atoms with van der Waals surface area (Å²) in [6.07, 6.45) is 3.95. The Bertz CT molecular complexity index is 1050. The monoisotopic (exact) mass is 423 g/mol. The topological polar surface area (TPSA) is 77.2 Å². The van der Waals surface area contributed by atoms with Gasteiger partial charge >= 0.3 is 0 Å². The van der Waals surface area contributed by atoms with Crippen LogP contribution in [0.2, 0.25) is 0 Å². The lowest BCUT2D eigenvalue weighted by molar-refractivity contribution is -0.384. The van der Waals surface area contributed by atoms with Crippen molar-refractivity contribution in [3.05, 3.63) is 52.1 Å². The third kappa shape index (κ3) is 3.62. The molecule has 7 nitrogen and oxygen atoms in total. The number of non-ortho nitro benzene ring substituents is 1. The molecule has 1 saturated heterocycles. The summed E-state index contributed by atoms with van der Waals surface area (Å²) in [7, 11) is 3.18. The van der Waals surface area contributed by atoms with Crippen LogP contribution < -0.4 is 14.4 Å². The largest absolute Gasteiger partial charge is 0.497 e. The van der Waals surface area contributed by atoms with Gasteiger partial charge in [0.1, 0.15) is 17.2 Å². The molecule has 2 fully saturated rings. The molecule has 2 aliphatic rings. The summed E-state index contributed by atoms with van der Waals surface area (Å²) in [4.78, 5) is 18.1. The van der Waals surface area contributed by atoms with Crippen LogP contribution in [-0.4, -0.2) is 37.9 Å². The van der Waals surface area contributed by atoms with Crippen molar-refractivity contribution in [2.75, 3.05) is 25.7 Å². The van der Waals surface area contributed by atoms with E-state index < -0.39 is 0 Å². The summed E-state index contributed by atoms with van der Waals surface area (Å²) in [6, 6.07) is 10.9. The first-order valence-electron chi connectivity index (χ1n) is 10.5. The first kappa shape index (κ1) is 21.2. The summed E-state index contributed by atoms with van der Waals surface area (Å²) in [5.74, 6) is 1.26. The zero-order valence-corrected chi connectivity index (χ0v) is 18.7. The fourth-order valence-electron chi connectivity index (χ4n) is 5.04. The number of anilines is 1. The SMILES string of the molecule is COc1ccc(N=Cc2cc([N+](=O)[O-])ccc2N2CC3(C)CC2CC3(C)C)c(OC)c1. The highest BCUT2D eigenvalue weighted by atomic mass is 16.6. The van der Waals surface area contributed by atoms with Crippen LogP contribution >= 0.6 is 0 Å². The molecule has 1 saturated carbocycles. The molecule has 2 aromatic carbocycles. The Morgan fingerprint density at radius 2 is 1.90 bits per heavy atom. The summed E-state index contributed by atoms with van der Waals surface area (Å²) < 4.78 is 10.7. The fourth-order valence-corrected chi connectivity index (χ4v) is 5.04. The second-order valence-electron chi connectivity index (χ2n) is 9.43. The van der Waals surface area contributed by atoms with E-state index in [-0.39, 0.29) is 16.0 Å². The van der Waals surface area contributed by atoms with Gasteiger partial charge in [-0.1, -0.05) is 20.8 Å². The Balaban J connectivity index is 1.72. The van der Waals surface area contributed by atoms with Crippen LogP contribution in [0, 0.1) is 20.9 Å². The minimum absolute atomic E-state index is 0.0581. The number of nitro groups is 1. The number of rotatable bonds is 6. The summed E-state index contributed by atoms with van der Waals surface area (Å²) in [5, 5.41) is 11.4. The number of hydrogen-bond acceptors (Lipinski definition) is 6. The van der Waals surface area contributed by atoms with Gasteiger partial charge in [0, 0.05) is 48.3 Å². The number of nitrogens with zero attached hydrogens (tertiary/aromatic N) is 3. The van der Waals surface area contributed by atoms with Crippen molar-refractivity contribution in [3.63, 3.8) is 0 Å². The number of hydrogen-bond donors (Lipinski definition) is 0. The zero-order valence-electron chi connectivity index (χ0n) is 18.7. The number of methoxy groups -OCH3 is 2. The van der Waals surface area contributed by atoms with Crippen molar-refractivity contribution in [3.8, 4) is 11.5 Å². The second-order valence-corrected chi connectivity index (χ2v) is 9.43. The van der Waals surface area contributed by atoms with E-state index in [4.69, 9.17) is 9.47 Å². The standard InChI is InChI=1S/C24H29N3O4/c1-23(2)12-18-13-24(23,3)15-26(18)21-9-6-17(27(28)29)10-16(21)14-25-20-8-7-19(30-4)11-22(20)31-5/h6-11,14,18H,12-13,15H2,1-5H3. The van der Waals surface area contributed by atoms with Gasteiger partial charge in [-0.2, -0.15) is 0 Å². The molecule has 0 amide bonds. The fraction of sp³-hybridized carbons (Fsp3) is 0.458. The molecule has 2 unspecified atom stereocenters. The highest BCUT2D eigenvalue weighted by molar-refractivity contribution is 5.91. The van der Waals surface area contributed by atoms with Gasteiger partial charge in [-0.05, 0) is 41.9 Å². The number of ether oxygens (including phenoxy) is 2. The lowest BCUT2D eigenvalue weighted by Crippen LogP contribution is -2.44. The van der Waals surface area contributed by atoms with E-state index in [9.17, 15) is 10.1 Å². The van der Waals surface area contributed by atoms with E-state index in [1.54, 1.807) is 38.6 Å². The van der Waals surface area contributed by atoms with Gasteiger partial charge in [0.15, 0.2) is 0 Å². The Labute approximate surface area is 182 Å². The lowest BCUT2D eigenvalue weighted by atomic mass is 9.69. The van der Waals surface area contributed by atoms with E-state index in [0.717, 1.165) is 30.6 Å². The normalized spacial score (nSPS) is 24.0. The minimum atomic E-state index is -0.365. The molecule has 1 aliphatic heterocycles. The molecule has 0 aromatic heterocycles. The van der Waals surface area contributed by atoms with Crippen LogP contribution in [0.1, 0.15) is 39.2 Å². The van der Waals surface area contributed by atoms with Gasteiger partial charge in [-0.15, -0.1) is 0 Å². The van der Waals surface area contributed by atoms with Gasteiger partial charge in [0.25, 0.3) is 5.69 Å². The van der Waals surface area contributed by atoms with Gasteiger partial charge < -0.3 is 14.4 Å². The van der Waals surface area contributed by atoms with Crippen molar-refractivity contribution < 1.29 is 14.4 Å². The molecule has 0 spiro atoms. The van der Waals surface area contributed by atoms with Crippen LogP contribution in [-0.2, 0) is 0 Å². The van der Waals surface area contributed by atoms with E-state index >= 15 is 0 Å². The number of benzene rings is 2. The molecule has 0 N–H and O–H groups in total. The van der Waals surface area contributed by atoms with Crippen LogP contribution in [0.3, 0.4) is 0 Å². The van der Waals surface area contributed by atoms with Crippen LogP contribution in [0.5, 0.6) is 11.5 Å². The Kier molecular flexibility index (Phi) is 5.15. The van der Waals surface area contributed by atoms with Crippen molar-refractivity contribution in [2.45, 2.75) is 39.7 Å².